The largest absolute Gasteiger partial charge is 0.494 e. The number of amides is 2. The molecule has 0 aromatic heterocycles. The normalized spacial score (nSPS) is 16.7. The smallest absolute Gasteiger partial charge is 0.312 e. The summed E-state index contributed by atoms with van der Waals surface area (Å²) in [5.41, 5.74) is 3.47. The Morgan fingerprint density at radius 1 is 1.16 bits per heavy atom. The molecule has 2 aromatic carbocycles. The number of hydrogen-bond donors (Lipinski definition) is 1. The van der Waals surface area contributed by atoms with Crippen LogP contribution in [0.5, 0.6) is 5.75 Å². The number of benzene rings is 2. The average molecular weight is 424 g/mol. The van der Waals surface area contributed by atoms with Crippen LogP contribution in [-0.4, -0.2) is 37.0 Å². The third-order valence-electron chi connectivity index (χ3n) is 5.42. The van der Waals surface area contributed by atoms with Crippen LogP contribution in [0.4, 0.5) is 11.4 Å². The minimum Gasteiger partial charge on any atom is -0.494 e. The van der Waals surface area contributed by atoms with Crippen LogP contribution in [0.25, 0.3) is 0 Å². The molecule has 3 rings (SSSR count). The SMILES string of the molecule is CCOc1ccc(NC(=O)[C@H](C)OC(=O)[C@@H]2CC(=O)N(c3cccc(C)c3C)C2)cc1. The molecule has 164 valence electrons. The lowest BCUT2D eigenvalue weighted by Gasteiger charge is -2.20. The van der Waals surface area contributed by atoms with Crippen molar-refractivity contribution < 1.29 is 23.9 Å². The summed E-state index contributed by atoms with van der Waals surface area (Å²) in [5, 5.41) is 2.71. The highest BCUT2D eigenvalue weighted by Gasteiger charge is 2.37. The molecule has 0 saturated carbocycles. The first kappa shape index (κ1) is 22.3. The van der Waals surface area contributed by atoms with E-state index in [9.17, 15) is 14.4 Å². The highest BCUT2D eigenvalue weighted by Crippen LogP contribution is 2.30. The van der Waals surface area contributed by atoms with Gasteiger partial charge in [-0.15, -0.1) is 0 Å². The Balaban J connectivity index is 1.57. The molecule has 0 radical (unpaired) electrons. The number of hydrogen-bond acceptors (Lipinski definition) is 5. The van der Waals surface area contributed by atoms with Gasteiger partial charge in [0.15, 0.2) is 6.10 Å². The van der Waals surface area contributed by atoms with Gasteiger partial charge in [-0.3, -0.25) is 14.4 Å². The summed E-state index contributed by atoms with van der Waals surface area (Å²) in [5.74, 6) is -1.00. The molecule has 1 aliphatic heterocycles. The van der Waals surface area contributed by atoms with Crippen molar-refractivity contribution >= 4 is 29.2 Å². The fraction of sp³-hybridized carbons (Fsp3) is 0.375. The van der Waals surface area contributed by atoms with Gasteiger partial charge in [-0.25, -0.2) is 0 Å². The molecular formula is C24H28N2O5. The van der Waals surface area contributed by atoms with Gasteiger partial charge in [0.05, 0.1) is 12.5 Å². The molecule has 0 bridgehead atoms. The third kappa shape index (κ3) is 5.23. The van der Waals surface area contributed by atoms with Crippen LogP contribution in [0.1, 0.15) is 31.4 Å². The lowest BCUT2D eigenvalue weighted by molar-refractivity contribution is -0.157. The van der Waals surface area contributed by atoms with E-state index in [1.807, 2.05) is 39.0 Å². The number of nitrogens with zero attached hydrogens (tertiary/aromatic N) is 1. The van der Waals surface area contributed by atoms with Gasteiger partial charge in [-0.2, -0.15) is 0 Å². The Labute approximate surface area is 182 Å². The molecule has 1 saturated heterocycles. The standard InChI is InChI=1S/C24H28N2O5/c1-5-30-20-11-9-19(10-12-20)25-23(28)17(4)31-24(29)18-13-22(27)26(14-18)21-8-6-7-15(2)16(21)3/h6-12,17-18H,5,13-14H2,1-4H3,(H,25,28)/t17-,18+/m0/s1. The lowest BCUT2D eigenvalue weighted by atomic mass is 10.1. The van der Waals surface area contributed by atoms with E-state index in [0.717, 1.165) is 16.8 Å². The van der Waals surface area contributed by atoms with Crippen molar-refractivity contribution in [3.8, 4) is 5.75 Å². The van der Waals surface area contributed by atoms with Gasteiger partial charge in [0, 0.05) is 24.3 Å². The highest BCUT2D eigenvalue weighted by atomic mass is 16.5. The van der Waals surface area contributed by atoms with E-state index in [-0.39, 0.29) is 18.9 Å². The van der Waals surface area contributed by atoms with E-state index in [0.29, 0.717) is 18.0 Å². The summed E-state index contributed by atoms with van der Waals surface area (Å²) >= 11 is 0. The number of carbonyl (C=O) groups is 3. The zero-order chi connectivity index (χ0) is 22.5. The summed E-state index contributed by atoms with van der Waals surface area (Å²) in [6.07, 6.45) is -0.914. The quantitative estimate of drug-likeness (QED) is 0.686. The Bertz CT molecular complexity index is 970. The molecule has 2 amide bonds. The summed E-state index contributed by atoms with van der Waals surface area (Å²) < 4.78 is 10.7. The minimum atomic E-state index is -0.982. The Morgan fingerprint density at radius 2 is 1.87 bits per heavy atom. The predicted molar refractivity (Wildman–Crippen MR) is 118 cm³/mol. The number of esters is 1. The zero-order valence-electron chi connectivity index (χ0n) is 18.3. The second-order valence-corrected chi connectivity index (χ2v) is 7.65. The molecule has 1 heterocycles. The van der Waals surface area contributed by atoms with E-state index in [1.54, 1.807) is 29.2 Å². The van der Waals surface area contributed by atoms with Crippen LogP contribution in [0.2, 0.25) is 0 Å². The van der Waals surface area contributed by atoms with Crippen molar-refractivity contribution in [3.63, 3.8) is 0 Å². The molecule has 2 aromatic rings. The molecule has 7 nitrogen and oxygen atoms in total. The third-order valence-corrected chi connectivity index (χ3v) is 5.42. The molecule has 0 aliphatic carbocycles. The maximum Gasteiger partial charge on any atom is 0.312 e. The molecule has 1 aliphatic rings. The van der Waals surface area contributed by atoms with E-state index >= 15 is 0 Å². The minimum absolute atomic E-state index is 0.0689. The number of aryl methyl sites for hydroxylation is 1. The van der Waals surface area contributed by atoms with Crippen LogP contribution in [0.3, 0.4) is 0 Å². The van der Waals surface area contributed by atoms with E-state index in [4.69, 9.17) is 9.47 Å². The van der Waals surface area contributed by atoms with Crippen molar-refractivity contribution in [1.82, 2.24) is 0 Å². The molecule has 1 fully saturated rings. The summed E-state index contributed by atoms with van der Waals surface area (Å²) in [7, 11) is 0. The first-order chi connectivity index (χ1) is 14.8. The molecule has 0 unspecified atom stereocenters. The van der Waals surface area contributed by atoms with E-state index in [2.05, 4.69) is 5.32 Å². The maximum atomic E-state index is 12.6. The second-order valence-electron chi connectivity index (χ2n) is 7.65. The second kappa shape index (κ2) is 9.64. The van der Waals surface area contributed by atoms with Crippen LogP contribution in [0.15, 0.2) is 42.5 Å². The summed E-state index contributed by atoms with van der Waals surface area (Å²) in [6.45, 7) is 8.15. The molecule has 1 N–H and O–H groups in total. The molecular weight excluding hydrogens is 396 g/mol. The number of nitrogens with one attached hydrogen (secondary N) is 1. The van der Waals surface area contributed by atoms with Gasteiger partial charge >= 0.3 is 5.97 Å². The number of ether oxygens (including phenoxy) is 2. The van der Waals surface area contributed by atoms with Crippen LogP contribution in [-0.2, 0) is 19.1 Å². The molecule has 7 heteroatoms. The van der Waals surface area contributed by atoms with E-state index < -0.39 is 23.9 Å². The van der Waals surface area contributed by atoms with Crippen molar-refractivity contribution in [2.24, 2.45) is 5.92 Å². The van der Waals surface area contributed by atoms with Crippen molar-refractivity contribution in [2.45, 2.75) is 40.2 Å². The Kier molecular flexibility index (Phi) is 6.95. The number of anilines is 2. The Morgan fingerprint density at radius 3 is 2.55 bits per heavy atom. The van der Waals surface area contributed by atoms with Crippen LogP contribution < -0.4 is 15.0 Å². The summed E-state index contributed by atoms with van der Waals surface area (Å²) in [4.78, 5) is 39.2. The lowest BCUT2D eigenvalue weighted by Crippen LogP contribution is -2.33. The van der Waals surface area contributed by atoms with Crippen molar-refractivity contribution in [2.75, 3.05) is 23.4 Å². The first-order valence-corrected chi connectivity index (χ1v) is 10.4. The topological polar surface area (TPSA) is 84.9 Å². The average Bonchev–Trinajstić information content (AvgIpc) is 3.13. The van der Waals surface area contributed by atoms with Gasteiger partial charge in [0.2, 0.25) is 5.91 Å². The van der Waals surface area contributed by atoms with Gasteiger partial charge in [0.25, 0.3) is 5.91 Å². The van der Waals surface area contributed by atoms with E-state index in [1.165, 1.54) is 6.92 Å². The van der Waals surface area contributed by atoms with Crippen LogP contribution >= 0.6 is 0 Å². The fourth-order valence-corrected chi connectivity index (χ4v) is 3.50. The van der Waals surface area contributed by atoms with Gasteiger partial charge in [-0.1, -0.05) is 12.1 Å². The van der Waals surface area contributed by atoms with Gasteiger partial charge < -0.3 is 19.7 Å². The molecule has 31 heavy (non-hydrogen) atoms. The van der Waals surface area contributed by atoms with Gasteiger partial charge in [-0.05, 0) is 69.2 Å². The fourth-order valence-electron chi connectivity index (χ4n) is 3.50. The van der Waals surface area contributed by atoms with Crippen molar-refractivity contribution in [1.29, 1.82) is 0 Å². The van der Waals surface area contributed by atoms with Gasteiger partial charge in [0.1, 0.15) is 5.75 Å². The zero-order valence-corrected chi connectivity index (χ0v) is 18.3. The monoisotopic (exact) mass is 424 g/mol. The summed E-state index contributed by atoms with van der Waals surface area (Å²) in [6, 6.07) is 12.7. The van der Waals surface area contributed by atoms with Crippen molar-refractivity contribution in [3.05, 3.63) is 53.6 Å². The van der Waals surface area contributed by atoms with Crippen LogP contribution in [0, 0.1) is 19.8 Å². The Hall–Kier alpha value is -3.35. The highest BCUT2D eigenvalue weighted by molar-refractivity contribution is 6.01. The first-order valence-electron chi connectivity index (χ1n) is 10.4. The molecule has 0 spiro atoms. The predicted octanol–water partition coefficient (Wildman–Crippen LogP) is 3.63. The number of carbonyl (C=O) groups excluding carboxylic acids is 3. The molecule has 2 atom stereocenters. The maximum absolute atomic E-state index is 12.6. The number of rotatable bonds is 7.